The van der Waals surface area contributed by atoms with Gasteiger partial charge in [0.05, 0.1) is 39.8 Å². The first-order chi connectivity index (χ1) is 18.1. The molecule has 5 rings (SSSR count). The molecule has 37 heavy (non-hydrogen) atoms. The van der Waals surface area contributed by atoms with Gasteiger partial charge in [-0.05, 0) is 23.8 Å². The summed E-state index contributed by atoms with van der Waals surface area (Å²) >= 11 is 6.52. The van der Waals surface area contributed by atoms with E-state index in [2.05, 4.69) is 34.1 Å². The van der Waals surface area contributed by atoms with Gasteiger partial charge in [0.1, 0.15) is 6.10 Å². The number of nitrogens with zero attached hydrogens (tertiary/aromatic N) is 4. The van der Waals surface area contributed by atoms with Gasteiger partial charge in [-0.2, -0.15) is 0 Å². The number of ether oxygens (including phenoxy) is 4. The monoisotopic (exact) mass is 526 g/mol. The van der Waals surface area contributed by atoms with Gasteiger partial charge in [-0.25, -0.2) is 9.78 Å². The van der Waals surface area contributed by atoms with Crippen molar-refractivity contribution in [2.45, 2.75) is 25.0 Å². The van der Waals surface area contributed by atoms with Crippen molar-refractivity contribution in [3.63, 3.8) is 0 Å². The molecule has 10 heteroatoms. The Hall–Kier alpha value is -3.11. The van der Waals surface area contributed by atoms with E-state index >= 15 is 0 Å². The molecule has 196 valence electrons. The lowest BCUT2D eigenvalue weighted by atomic mass is 10.0. The lowest BCUT2D eigenvalue weighted by molar-refractivity contribution is -0.313. The number of amides is 1. The molecule has 3 heterocycles. The number of imidazole rings is 1. The molecule has 0 unspecified atom stereocenters. The maximum Gasteiger partial charge on any atom is 0.409 e. The highest BCUT2D eigenvalue weighted by atomic mass is 35.5. The minimum atomic E-state index is -1.02. The van der Waals surface area contributed by atoms with Crippen molar-refractivity contribution in [1.29, 1.82) is 0 Å². The fraction of sp³-hybridized carbons (Fsp3) is 0.407. The molecule has 2 aromatic carbocycles. The van der Waals surface area contributed by atoms with E-state index < -0.39 is 5.79 Å². The van der Waals surface area contributed by atoms with Crippen molar-refractivity contribution < 1.29 is 23.7 Å². The molecule has 0 bridgehead atoms. The van der Waals surface area contributed by atoms with Crippen molar-refractivity contribution in [3.8, 4) is 0 Å². The van der Waals surface area contributed by atoms with Gasteiger partial charge in [-0.15, -0.1) is 0 Å². The van der Waals surface area contributed by atoms with E-state index in [0.29, 0.717) is 44.5 Å². The van der Waals surface area contributed by atoms with Crippen LogP contribution in [0.25, 0.3) is 0 Å². The number of carbonyl (C=O) groups is 1. The van der Waals surface area contributed by atoms with Gasteiger partial charge in [0, 0.05) is 54.8 Å². The molecule has 2 aliphatic rings. The van der Waals surface area contributed by atoms with Crippen LogP contribution in [0.5, 0.6) is 0 Å². The lowest BCUT2D eigenvalue weighted by Crippen LogP contribution is -2.48. The van der Waals surface area contributed by atoms with Gasteiger partial charge in [0.15, 0.2) is 0 Å². The molecular formula is C27H31ClN4O5. The topological polar surface area (TPSA) is 78.3 Å². The first-order valence-electron chi connectivity index (χ1n) is 12.3. The van der Waals surface area contributed by atoms with Crippen molar-refractivity contribution >= 4 is 23.4 Å². The third-order valence-electron chi connectivity index (χ3n) is 6.74. The highest BCUT2D eigenvalue weighted by Crippen LogP contribution is 2.37. The average Bonchev–Trinajstić information content (AvgIpc) is 3.46. The quantitative estimate of drug-likeness (QED) is 0.462. The van der Waals surface area contributed by atoms with Crippen molar-refractivity contribution in [2.24, 2.45) is 0 Å². The fourth-order valence-electron chi connectivity index (χ4n) is 4.66. The average molecular weight is 527 g/mol. The van der Waals surface area contributed by atoms with Crippen LogP contribution in [0.15, 0.2) is 67.3 Å². The Bertz CT molecular complexity index is 1160. The maximum absolute atomic E-state index is 11.7. The highest BCUT2D eigenvalue weighted by Gasteiger charge is 2.41. The molecule has 0 aliphatic carbocycles. The molecule has 2 fully saturated rings. The zero-order valence-electron chi connectivity index (χ0n) is 20.8. The number of benzene rings is 2. The first kappa shape index (κ1) is 25.5. The molecular weight excluding hydrogens is 496 g/mol. The smallest absolute Gasteiger partial charge is 0.409 e. The summed E-state index contributed by atoms with van der Waals surface area (Å²) in [4.78, 5) is 19.8. The number of hydrogen-bond donors (Lipinski definition) is 0. The van der Waals surface area contributed by atoms with E-state index in [1.165, 1.54) is 7.11 Å². The summed E-state index contributed by atoms with van der Waals surface area (Å²) < 4.78 is 25.5. The van der Waals surface area contributed by atoms with Crippen molar-refractivity contribution in [3.05, 3.63) is 83.4 Å². The fourth-order valence-corrected chi connectivity index (χ4v) is 4.94. The summed E-state index contributed by atoms with van der Waals surface area (Å²) in [6, 6.07) is 15.9. The zero-order valence-corrected chi connectivity index (χ0v) is 21.5. The standard InChI is InChI=1S/C27H31ClN4O5/c1-34-26(33)32-14-12-31(13-15-32)22-8-6-21(7-9-22)16-35-23-17-36-27(37-18-23,19-30-11-10-29-20-30)24-4-2-3-5-25(24)28/h2-11,20,23H,12-19H2,1H3/t23-,27-. The van der Waals surface area contributed by atoms with Crippen molar-refractivity contribution in [2.75, 3.05) is 51.4 Å². The van der Waals surface area contributed by atoms with Gasteiger partial charge in [-0.1, -0.05) is 41.9 Å². The number of methoxy groups -OCH3 is 1. The van der Waals surface area contributed by atoms with Crippen LogP contribution in [-0.4, -0.2) is 73.2 Å². The van der Waals surface area contributed by atoms with Crippen LogP contribution in [0.3, 0.4) is 0 Å². The zero-order chi connectivity index (χ0) is 25.7. The Labute approximate surface area is 221 Å². The number of carbonyl (C=O) groups excluding carboxylic acids is 1. The number of piperazine rings is 1. The van der Waals surface area contributed by atoms with Gasteiger partial charge in [-0.3, -0.25) is 0 Å². The molecule has 0 spiro atoms. The molecule has 0 atom stereocenters. The summed E-state index contributed by atoms with van der Waals surface area (Å²) in [6.07, 6.45) is 4.86. The molecule has 1 amide bonds. The van der Waals surface area contributed by atoms with E-state index in [4.69, 9.17) is 30.5 Å². The molecule has 2 aliphatic heterocycles. The third kappa shape index (κ3) is 5.91. The Kier molecular flexibility index (Phi) is 7.95. The third-order valence-corrected chi connectivity index (χ3v) is 7.07. The summed E-state index contributed by atoms with van der Waals surface area (Å²) in [5.41, 5.74) is 2.98. The second-order valence-corrected chi connectivity index (χ2v) is 9.54. The summed E-state index contributed by atoms with van der Waals surface area (Å²) in [7, 11) is 1.41. The van der Waals surface area contributed by atoms with E-state index in [0.717, 1.165) is 29.9 Å². The Morgan fingerprint density at radius 3 is 2.46 bits per heavy atom. The highest BCUT2D eigenvalue weighted by molar-refractivity contribution is 6.31. The molecule has 2 saturated heterocycles. The van der Waals surface area contributed by atoms with Crippen LogP contribution in [-0.2, 0) is 37.9 Å². The summed E-state index contributed by atoms with van der Waals surface area (Å²) in [6.45, 7) is 4.48. The van der Waals surface area contributed by atoms with Gasteiger partial charge < -0.3 is 33.3 Å². The first-order valence-corrected chi connectivity index (χ1v) is 12.7. The van der Waals surface area contributed by atoms with Crippen LogP contribution in [0.4, 0.5) is 10.5 Å². The molecule has 3 aromatic rings. The molecule has 1 aromatic heterocycles. The SMILES string of the molecule is COC(=O)N1CCN(c2ccc(CO[C@H]3CO[C@](Cn4ccnc4)(c4ccccc4Cl)OC3)cc2)CC1. The number of rotatable bonds is 7. The summed E-state index contributed by atoms with van der Waals surface area (Å²) in [5.74, 6) is -1.02. The largest absolute Gasteiger partial charge is 0.453 e. The number of anilines is 1. The van der Waals surface area contributed by atoms with E-state index in [9.17, 15) is 4.79 Å². The van der Waals surface area contributed by atoms with Crippen molar-refractivity contribution in [1.82, 2.24) is 14.5 Å². The van der Waals surface area contributed by atoms with Gasteiger partial charge in [0.2, 0.25) is 5.79 Å². The van der Waals surface area contributed by atoms with Gasteiger partial charge >= 0.3 is 6.09 Å². The van der Waals surface area contributed by atoms with E-state index in [-0.39, 0.29) is 12.2 Å². The summed E-state index contributed by atoms with van der Waals surface area (Å²) in [5, 5.41) is 0.591. The Morgan fingerprint density at radius 1 is 1.08 bits per heavy atom. The predicted octanol–water partition coefficient (Wildman–Crippen LogP) is 3.91. The minimum absolute atomic E-state index is 0.204. The number of halogens is 1. The van der Waals surface area contributed by atoms with E-state index in [1.54, 1.807) is 17.4 Å². The van der Waals surface area contributed by atoms with Crippen LogP contribution in [0.2, 0.25) is 5.02 Å². The lowest BCUT2D eigenvalue weighted by Gasteiger charge is -2.40. The molecule has 9 nitrogen and oxygen atoms in total. The molecule has 0 radical (unpaired) electrons. The normalized spacial score (nSPS) is 22.2. The maximum atomic E-state index is 11.7. The van der Waals surface area contributed by atoms with Crippen LogP contribution < -0.4 is 4.90 Å². The molecule has 0 N–H and O–H groups in total. The second-order valence-electron chi connectivity index (χ2n) is 9.13. The number of hydrogen-bond acceptors (Lipinski definition) is 7. The molecule has 0 saturated carbocycles. The number of aromatic nitrogens is 2. The van der Waals surface area contributed by atoms with Gasteiger partial charge in [0.25, 0.3) is 0 Å². The van der Waals surface area contributed by atoms with Crippen LogP contribution in [0.1, 0.15) is 11.1 Å². The van der Waals surface area contributed by atoms with E-state index in [1.807, 2.05) is 35.0 Å². The Morgan fingerprint density at radius 2 is 1.81 bits per heavy atom. The van der Waals surface area contributed by atoms with Crippen LogP contribution >= 0.6 is 11.6 Å². The second kappa shape index (κ2) is 11.5. The predicted molar refractivity (Wildman–Crippen MR) is 138 cm³/mol. The minimum Gasteiger partial charge on any atom is -0.453 e. The van der Waals surface area contributed by atoms with Crippen LogP contribution in [0, 0.1) is 0 Å². The Balaban J connectivity index is 1.15.